The van der Waals surface area contributed by atoms with Crippen molar-refractivity contribution in [2.24, 2.45) is 0 Å². The van der Waals surface area contributed by atoms with E-state index in [1.165, 1.54) is 0 Å². The Hall–Kier alpha value is -2.35. The minimum absolute atomic E-state index is 0.0532. The summed E-state index contributed by atoms with van der Waals surface area (Å²) in [7, 11) is 1.76. The number of benzene rings is 1. The van der Waals surface area contributed by atoms with Gasteiger partial charge in [-0.05, 0) is 38.5 Å². The third-order valence-corrected chi connectivity index (χ3v) is 5.31. The van der Waals surface area contributed by atoms with Gasteiger partial charge in [0.05, 0.1) is 25.7 Å². The normalized spacial score (nSPS) is 13.1. The zero-order valence-electron chi connectivity index (χ0n) is 16.3. The van der Waals surface area contributed by atoms with Gasteiger partial charge >= 0.3 is 0 Å². The summed E-state index contributed by atoms with van der Waals surface area (Å²) in [6, 6.07) is 5.42. The van der Waals surface area contributed by atoms with Gasteiger partial charge in [0.2, 0.25) is 11.8 Å². The molecule has 0 fully saturated rings. The van der Waals surface area contributed by atoms with Crippen LogP contribution in [0.4, 0.5) is 0 Å². The SMILES string of the molecule is CC[C@@H](C)NC(=O)C[S@@](=O)Cc1nc(-c2ccc(OC)c(OC)c2)oc1C. The molecule has 0 aliphatic heterocycles. The molecule has 1 heterocycles. The minimum atomic E-state index is -1.36. The Balaban J connectivity index is 2.10. The van der Waals surface area contributed by atoms with E-state index in [1.54, 1.807) is 33.3 Å². The van der Waals surface area contributed by atoms with Crippen molar-refractivity contribution in [2.45, 2.75) is 39.0 Å². The number of hydrogen-bond acceptors (Lipinski definition) is 6. The van der Waals surface area contributed by atoms with Crippen LogP contribution in [-0.2, 0) is 21.3 Å². The molecule has 0 aliphatic rings. The van der Waals surface area contributed by atoms with Crippen molar-refractivity contribution in [2.75, 3.05) is 20.0 Å². The molecule has 2 atom stereocenters. The molecular formula is C19H26N2O5S. The Morgan fingerprint density at radius 1 is 1.30 bits per heavy atom. The molecule has 0 bridgehead atoms. The van der Waals surface area contributed by atoms with E-state index >= 15 is 0 Å². The summed E-state index contributed by atoms with van der Waals surface area (Å²) in [6.07, 6.45) is 0.829. The fourth-order valence-corrected chi connectivity index (χ4v) is 3.47. The van der Waals surface area contributed by atoms with Crippen LogP contribution in [0.2, 0.25) is 0 Å². The number of amides is 1. The van der Waals surface area contributed by atoms with Crippen molar-refractivity contribution in [3.63, 3.8) is 0 Å². The van der Waals surface area contributed by atoms with Gasteiger partial charge < -0.3 is 19.2 Å². The Labute approximate surface area is 161 Å². The fraction of sp³-hybridized carbons (Fsp3) is 0.474. The van der Waals surface area contributed by atoms with Crippen molar-refractivity contribution < 1.29 is 22.9 Å². The molecule has 0 saturated carbocycles. The number of nitrogens with zero attached hydrogens (tertiary/aromatic N) is 1. The third-order valence-electron chi connectivity index (χ3n) is 4.13. The number of nitrogens with one attached hydrogen (secondary N) is 1. The number of aryl methyl sites for hydroxylation is 1. The first-order chi connectivity index (χ1) is 12.9. The van der Waals surface area contributed by atoms with Crippen LogP contribution in [0.3, 0.4) is 0 Å². The summed E-state index contributed by atoms with van der Waals surface area (Å²) in [5, 5.41) is 2.81. The van der Waals surface area contributed by atoms with E-state index in [0.717, 1.165) is 12.0 Å². The maximum Gasteiger partial charge on any atom is 0.232 e. The Kier molecular flexibility index (Phi) is 7.41. The van der Waals surface area contributed by atoms with Gasteiger partial charge in [-0.25, -0.2) is 4.98 Å². The summed E-state index contributed by atoms with van der Waals surface area (Å²) >= 11 is 0. The smallest absolute Gasteiger partial charge is 0.232 e. The molecule has 8 heteroatoms. The monoisotopic (exact) mass is 394 g/mol. The Morgan fingerprint density at radius 2 is 2.00 bits per heavy atom. The highest BCUT2D eigenvalue weighted by molar-refractivity contribution is 7.84. The van der Waals surface area contributed by atoms with E-state index in [1.807, 2.05) is 19.9 Å². The van der Waals surface area contributed by atoms with E-state index in [4.69, 9.17) is 13.9 Å². The van der Waals surface area contributed by atoms with Crippen molar-refractivity contribution in [1.29, 1.82) is 0 Å². The lowest BCUT2D eigenvalue weighted by atomic mass is 10.2. The molecule has 0 spiro atoms. The van der Waals surface area contributed by atoms with E-state index in [0.29, 0.717) is 28.8 Å². The molecule has 1 aromatic carbocycles. The number of ether oxygens (including phenoxy) is 2. The highest BCUT2D eigenvalue weighted by atomic mass is 32.2. The highest BCUT2D eigenvalue weighted by Crippen LogP contribution is 2.32. The average Bonchev–Trinajstić information content (AvgIpc) is 3.00. The highest BCUT2D eigenvalue weighted by Gasteiger charge is 2.17. The second-order valence-electron chi connectivity index (χ2n) is 6.20. The van der Waals surface area contributed by atoms with Crippen LogP contribution in [0.5, 0.6) is 11.5 Å². The number of methoxy groups -OCH3 is 2. The Bertz CT molecular complexity index is 818. The van der Waals surface area contributed by atoms with Crippen molar-refractivity contribution in [3.8, 4) is 23.0 Å². The summed E-state index contributed by atoms with van der Waals surface area (Å²) in [4.78, 5) is 16.3. The van der Waals surface area contributed by atoms with Gasteiger partial charge in [-0.2, -0.15) is 0 Å². The van der Waals surface area contributed by atoms with Crippen LogP contribution >= 0.6 is 0 Å². The van der Waals surface area contributed by atoms with Gasteiger partial charge in [-0.15, -0.1) is 0 Å². The standard InChI is InChI=1S/C19H26N2O5S/c1-6-12(2)20-18(22)11-27(23)10-15-13(3)26-19(21-15)14-7-8-16(24-4)17(9-14)25-5/h7-9,12H,6,10-11H2,1-5H3,(H,20,22)/t12-,27+/m1/s1. The zero-order chi connectivity index (χ0) is 20.0. The second-order valence-corrected chi connectivity index (χ2v) is 7.65. The molecule has 0 unspecified atom stereocenters. The van der Waals surface area contributed by atoms with Gasteiger partial charge in [0.25, 0.3) is 0 Å². The molecule has 27 heavy (non-hydrogen) atoms. The van der Waals surface area contributed by atoms with Crippen molar-refractivity contribution in [1.82, 2.24) is 10.3 Å². The number of oxazole rings is 1. The lowest BCUT2D eigenvalue weighted by molar-refractivity contribution is -0.119. The van der Waals surface area contributed by atoms with Crippen LogP contribution in [0.1, 0.15) is 31.7 Å². The van der Waals surface area contributed by atoms with Crippen molar-refractivity contribution >= 4 is 16.7 Å². The Morgan fingerprint density at radius 3 is 2.63 bits per heavy atom. The van der Waals surface area contributed by atoms with Gasteiger partial charge in [0.1, 0.15) is 11.5 Å². The maximum absolute atomic E-state index is 12.3. The van der Waals surface area contributed by atoms with Crippen LogP contribution in [0, 0.1) is 6.92 Å². The lowest BCUT2D eigenvalue weighted by Crippen LogP contribution is -2.35. The predicted molar refractivity (Wildman–Crippen MR) is 104 cm³/mol. The molecule has 1 amide bonds. The van der Waals surface area contributed by atoms with Crippen LogP contribution in [0.25, 0.3) is 11.5 Å². The molecule has 0 saturated heterocycles. The lowest BCUT2D eigenvalue weighted by Gasteiger charge is -2.10. The predicted octanol–water partition coefficient (Wildman–Crippen LogP) is 2.83. The summed E-state index contributed by atoms with van der Waals surface area (Å²) in [6.45, 7) is 5.66. The third kappa shape index (κ3) is 5.56. The first-order valence-electron chi connectivity index (χ1n) is 8.70. The molecule has 148 valence electrons. The van der Waals surface area contributed by atoms with E-state index in [9.17, 15) is 9.00 Å². The minimum Gasteiger partial charge on any atom is -0.493 e. The number of rotatable bonds is 9. The fourth-order valence-electron chi connectivity index (χ4n) is 2.42. The summed E-state index contributed by atoms with van der Waals surface area (Å²) < 4.78 is 28.5. The van der Waals surface area contributed by atoms with Crippen LogP contribution in [-0.4, -0.2) is 41.1 Å². The molecule has 2 rings (SSSR count). The summed E-state index contributed by atoms with van der Waals surface area (Å²) in [5.74, 6) is 2.05. The average molecular weight is 394 g/mol. The zero-order valence-corrected chi connectivity index (χ0v) is 17.1. The first-order valence-corrected chi connectivity index (χ1v) is 10.2. The molecule has 1 N–H and O–H groups in total. The number of aromatic nitrogens is 1. The maximum atomic E-state index is 12.3. The summed E-state index contributed by atoms with van der Waals surface area (Å²) in [5.41, 5.74) is 1.30. The molecule has 1 aromatic heterocycles. The topological polar surface area (TPSA) is 90.7 Å². The van der Waals surface area contributed by atoms with Gasteiger partial charge in [-0.1, -0.05) is 6.92 Å². The molecular weight excluding hydrogens is 368 g/mol. The molecule has 2 aromatic rings. The quantitative estimate of drug-likeness (QED) is 0.703. The largest absolute Gasteiger partial charge is 0.493 e. The van der Waals surface area contributed by atoms with Crippen molar-refractivity contribution in [3.05, 3.63) is 29.7 Å². The van der Waals surface area contributed by atoms with Gasteiger partial charge in [-0.3, -0.25) is 9.00 Å². The van der Waals surface area contributed by atoms with E-state index in [-0.39, 0.29) is 23.5 Å². The van der Waals surface area contributed by atoms with Gasteiger partial charge in [0.15, 0.2) is 11.5 Å². The van der Waals surface area contributed by atoms with E-state index in [2.05, 4.69) is 10.3 Å². The van der Waals surface area contributed by atoms with E-state index < -0.39 is 10.8 Å². The first kappa shape index (κ1) is 21.0. The molecule has 0 aliphatic carbocycles. The number of carbonyl (C=O) groups excluding carboxylic acids is 1. The number of hydrogen-bond donors (Lipinski definition) is 1. The second kappa shape index (κ2) is 9.55. The van der Waals surface area contributed by atoms with Gasteiger partial charge in [0, 0.05) is 22.4 Å². The van der Waals surface area contributed by atoms with Crippen LogP contribution in [0.15, 0.2) is 22.6 Å². The molecule has 0 radical (unpaired) electrons. The van der Waals surface area contributed by atoms with Crippen LogP contribution < -0.4 is 14.8 Å². The number of carbonyl (C=O) groups is 1. The molecule has 7 nitrogen and oxygen atoms in total.